The molecule has 0 radical (unpaired) electrons. The van der Waals surface area contributed by atoms with Crippen LogP contribution in [0.4, 0.5) is 39.0 Å². The van der Waals surface area contributed by atoms with Gasteiger partial charge >= 0.3 is 33.6 Å². The molecule has 0 aromatic rings. The van der Waals surface area contributed by atoms with Crippen LogP contribution >= 0.6 is 0 Å². The minimum absolute atomic E-state index is 1.71. The third-order valence-corrected chi connectivity index (χ3v) is 2.54. The van der Waals surface area contributed by atoms with E-state index in [9.17, 15) is 57.3 Å². The molecule has 126 valence electrons. The lowest BCUT2D eigenvalue weighted by Crippen LogP contribution is -2.56. The van der Waals surface area contributed by atoms with Gasteiger partial charge in [0.25, 0.3) is 0 Å². The second-order valence-corrected chi connectivity index (χ2v) is 4.73. The molecule has 0 N–H and O–H groups in total. The van der Waals surface area contributed by atoms with E-state index in [1.807, 2.05) is 0 Å². The Hall–Kier alpha value is -1.25. The van der Waals surface area contributed by atoms with Gasteiger partial charge in [0, 0.05) is 5.97 Å². The Labute approximate surface area is 109 Å². The Morgan fingerprint density at radius 1 is 0.952 bits per heavy atom. The van der Waals surface area contributed by atoms with Gasteiger partial charge in [0.2, 0.25) is 0 Å². The van der Waals surface area contributed by atoms with Gasteiger partial charge in [-0.3, -0.25) is 0 Å². The predicted molar refractivity (Wildman–Crippen MR) is 40.5 cm³/mol. The first-order valence-electron chi connectivity index (χ1n) is 4.23. The average Bonchev–Trinajstić information content (AvgIpc) is 2.10. The Morgan fingerprint density at radius 3 is 1.62 bits per heavy atom. The first-order chi connectivity index (χ1) is 8.87. The van der Waals surface area contributed by atoms with E-state index in [1.54, 1.807) is 4.74 Å². The maximum atomic E-state index is 12.6. The molecule has 21 heavy (non-hydrogen) atoms. The second kappa shape index (κ2) is 5.19. The summed E-state index contributed by atoms with van der Waals surface area (Å²) >= 11 is 0. The minimum Gasteiger partial charge on any atom is -0.550 e. The van der Waals surface area contributed by atoms with Gasteiger partial charge in [0.05, 0.1) is 6.42 Å². The number of carboxylic acids is 1. The van der Waals surface area contributed by atoms with Crippen LogP contribution in [0.5, 0.6) is 0 Å². The third kappa shape index (κ3) is 3.90. The van der Waals surface area contributed by atoms with Crippen molar-refractivity contribution in [2.24, 2.45) is 0 Å². The van der Waals surface area contributed by atoms with Gasteiger partial charge in [-0.05, 0) is 0 Å². The molecule has 0 unspecified atom stereocenters. The molecule has 0 atom stereocenters. The number of carbonyl (C=O) groups is 1. The summed E-state index contributed by atoms with van der Waals surface area (Å²) < 4.78 is 133. The molecule has 0 aromatic heterocycles. The maximum absolute atomic E-state index is 12.6. The quantitative estimate of drug-likeness (QED) is 0.499. The van der Waals surface area contributed by atoms with Crippen molar-refractivity contribution in [2.75, 3.05) is 0 Å². The fourth-order valence-electron chi connectivity index (χ4n) is 0.721. The second-order valence-electron chi connectivity index (χ2n) is 3.34. The van der Waals surface area contributed by atoms with E-state index in [-0.39, 0.29) is 0 Å². The van der Waals surface area contributed by atoms with E-state index >= 15 is 0 Å². The van der Waals surface area contributed by atoms with Gasteiger partial charge in [0.15, 0.2) is 0 Å². The van der Waals surface area contributed by atoms with Crippen molar-refractivity contribution in [3.8, 4) is 0 Å². The number of ether oxygens (including phenoxy) is 1. The summed E-state index contributed by atoms with van der Waals surface area (Å²) in [6.07, 6.45) is -16.4. The molecular weight excluding hydrogens is 355 g/mol. The number of alkyl halides is 8. The first kappa shape index (κ1) is 19.8. The molecule has 0 heterocycles. The zero-order valence-corrected chi connectivity index (χ0v) is 9.87. The van der Waals surface area contributed by atoms with E-state index < -0.39 is 46.0 Å². The smallest absolute Gasteiger partial charge is 0.464 e. The largest absolute Gasteiger partial charge is 0.550 e. The highest BCUT2D eigenvalue weighted by atomic mass is 32.3. The summed E-state index contributed by atoms with van der Waals surface area (Å²) in [6, 6.07) is 0. The number of rotatable bonds is 7. The lowest BCUT2D eigenvalue weighted by Gasteiger charge is -2.31. The van der Waals surface area contributed by atoms with Crippen LogP contribution in [0.3, 0.4) is 0 Å². The standard InChI is InChI=1S/C6H3F9O5S/c7-3(8,1-2(16)17)4(9,10)20-5(11,12)6(13,14)21(15,18)19/h1H2,(H,16,17)/p-1. The fourth-order valence-corrected chi connectivity index (χ4v) is 1.05. The van der Waals surface area contributed by atoms with Crippen molar-refractivity contribution >= 4 is 16.2 Å². The number of carboxylic acid groups (broad SMARTS) is 1. The van der Waals surface area contributed by atoms with Crippen LogP contribution in [0.25, 0.3) is 0 Å². The summed E-state index contributed by atoms with van der Waals surface area (Å²) in [6.45, 7) is 0. The van der Waals surface area contributed by atoms with Gasteiger partial charge in [-0.25, -0.2) is 4.74 Å². The summed E-state index contributed by atoms with van der Waals surface area (Å²) in [4.78, 5) is 9.71. The van der Waals surface area contributed by atoms with Crippen molar-refractivity contribution in [1.29, 1.82) is 0 Å². The monoisotopic (exact) mass is 357 g/mol. The van der Waals surface area contributed by atoms with Gasteiger partial charge in [-0.1, -0.05) is 3.89 Å². The fraction of sp³-hybridized carbons (Fsp3) is 0.833. The van der Waals surface area contributed by atoms with E-state index in [0.717, 1.165) is 0 Å². The molecule has 0 bridgehead atoms. The Kier molecular flexibility index (Phi) is 4.88. The van der Waals surface area contributed by atoms with Crippen molar-refractivity contribution in [3.05, 3.63) is 0 Å². The molecule has 15 heteroatoms. The number of halogens is 9. The highest BCUT2D eigenvalue weighted by molar-refractivity contribution is 7.87. The molecule has 0 aromatic carbocycles. The van der Waals surface area contributed by atoms with Crippen LogP contribution < -0.4 is 5.11 Å². The number of hydrogen-bond acceptors (Lipinski definition) is 5. The molecular formula is C6H2F9O5S-. The molecule has 0 saturated carbocycles. The van der Waals surface area contributed by atoms with E-state index in [2.05, 4.69) is 0 Å². The summed E-state index contributed by atoms with van der Waals surface area (Å²) in [7, 11) is -7.52. The normalized spacial score (nSPS) is 15.1. The van der Waals surface area contributed by atoms with Crippen LogP contribution in [0.1, 0.15) is 6.42 Å². The first-order valence-corrected chi connectivity index (χ1v) is 5.61. The number of carbonyl (C=O) groups excluding carboxylic acids is 1. The molecule has 0 rings (SSSR count). The molecule has 0 aliphatic carbocycles. The van der Waals surface area contributed by atoms with Crippen LogP contribution in [0.15, 0.2) is 0 Å². The van der Waals surface area contributed by atoms with Gasteiger partial charge in [-0.2, -0.15) is 43.5 Å². The molecule has 0 aliphatic heterocycles. The predicted octanol–water partition coefficient (Wildman–Crippen LogP) is 0.856. The van der Waals surface area contributed by atoms with Crippen molar-refractivity contribution < 1.29 is 62.1 Å². The summed E-state index contributed by atoms with van der Waals surface area (Å²) in [5.41, 5.74) is 0. The topological polar surface area (TPSA) is 83.5 Å². The number of hydrogen-bond donors (Lipinski definition) is 0. The molecule has 5 nitrogen and oxygen atoms in total. The SMILES string of the molecule is O=C([O-])CC(F)(F)C(F)(F)OC(F)(F)C(F)(F)S(=O)(=O)F. The van der Waals surface area contributed by atoms with Gasteiger partial charge in [0.1, 0.15) is 0 Å². The summed E-state index contributed by atoms with van der Waals surface area (Å²) in [5, 5.41) is 2.78. The maximum Gasteiger partial charge on any atom is 0.464 e. The van der Waals surface area contributed by atoms with Crippen LogP contribution in [0.2, 0.25) is 0 Å². The lowest BCUT2D eigenvalue weighted by atomic mass is 10.2. The van der Waals surface area contributed by atoms with Gasteiger partial charge in [-0.15, -0.1) is 0 Å². The lowest BCUT2D eigenvalue weighted by molar-refractivity contribution is -0.457. The van der Waals surface area contributed by atoms with Crippen molar-refractivity contribution in [1.82, 2.24) is 0 Å². The van der Waals surface area contributed by atoms with Crippen molar-refractivity contribution in [2.45, 2.75) is 29.8 Å². The molecule has 0 fully saturated rings. The van der Waals surface area contributed by atoms with Gasteiger partial charge < -0.3 is 9.90 Å². The highest BCUT2D eigenvalue weighted by Crippen LogP contribution is 2.48. The molecule has 0 spiro atoms. The zero-order valence-electron chi connectivity index (χ0n) is 9.06. The van der Waals surface area contributed by atoms with Crippen molar-refractivity contribution in [3.63, 3.8) is 0 Å². The van der Waals surface area contributed by atoms with E-state index in [1.165, 1.54) is 0 Å². The van der Waals surface area contributed by atoms with Crippen LogP contribution in [-0.2, 0) is 19.8 Å². The highest BCUT2D eigenvalue weighted by Gasteiger charge is 2.74. The Bertz CT molecular complexity index is 513. The third-order valence-electron chi connectivity index (χ3n) is 1.69. The Balaban J connectivity index is 5.58. The van der Waals surface area contributed by atoms with E-state index in [0.29, 0.717) is 0 Å². The summed E-state index contributed by atoms with van der Waals surface area (Å²) in [5.74, 6) is -8.87. The molecule has 0 aliphatic rings. The molecule has 0 saturated heterocycles. The molecule has 0 amide bonds. The van der Waals surface area contributed by atoms with Crippen LogP contribution in [-0.4, -0.2) is 37.8 Å². The Morgan fingerprint density at radius 2 is 1.33 bits per heavy atom. The van der Waals surface area contributed by atoms with E-state index in [4.69, 9.17) is 0 Å². The average molecular weight is 357 g/mol. The van der Waals surface area contributed by atoms with Crippen LogP contribution in [0, 0.1) is 0 Å². The minimum atomic E-state index is -7.52. The number of aliphatic carboxylic acids is 1. The zero-order chi connectivity index (χ0) is 17.5.